The second-order valence-corrected chi connectivity index (χ2v) is 6.28. The van der Waals surface area contributed by atoms with Gasteiger partial charge in [-0.05, 0) is 18.6 Å². The third-order valence-corrected chi connectivity index (χ3v) is 4.36. The summed E-state index contributed by atoms with van der Waals surface area (Å²) in [4.78, 5) is 47.9. The zero-order valence-corrected chi connectivity index (χ0v) is 14.6. The highest BCUT2D eigenvalue weighted by molar-refractivity contribution is 6.10. The third kappa shape index (κ3) is 3.39. The number of hydrogen-bond donors (Lipinski definition) is 2. The lowest BCUT2D eigenvalue weighted by atomic mass is 9.92. The fourth-order valence-electron chi connectivity index (χ4n) is 2.86. The highest BCUT2D eigenvalue weighted by Crippen LogP contribution is 2.28. The number of amides is 4. The molecule has 1 aliphatic heterocycles. The number of rotatable bonds is 5. The number of nitro benzene ring substituents is 1. The second-order valence-electron chi connectivity index (χ2n) is 6.28. The summed E-state index contributed by atoms with van der Waals surface area (Å²) in [7, 11) is 0. The normalized spacial score (nSPS) is 18.7. The Morgan fingerprint density at radius 1 is 1.25 bits per heavy atom. The summed E-state index contributed by atoms with van der Waals surface area (Å²) in [6.07, 6.45) is 0. The number of halogens is 1. The Bertz CT molecular complexity index is 981. The SMILES string of the molecule is CC1(c2ccccc2)NC(=O)N(CC(=O)Nc2cc([N+](=O)[O-])ccc2F)C1=O. The van der Waals surface area contributed by atoms with Crippen molar-refractivity contribution in [1.82, 2.24) is 10.2 Å². The van der Waals surface area contributed by atoms with E-state index in [1.165, 1.54) is 6.92 Å². The predicted molar refractivity (Wildman–Crippen MR) is 95.7 cm³/mol. The van der Waals surface area contributed by atoms with Gasteiger partial charge in [0.2, 0.25) is 5.91 Å². The summed E-state index contributed by atoms with van der Waals surface area (Å²) >= 11 is 0. The molecule has 2 N–H and O–H groups in total. The first kappa shape index (κ1) is 19.0. The molecule has 0 aliphatic carbocycles. The first-order valence-corrected chi connectivity index (χ1v) is 8.16. The first-order chi connectivity index (χ1) is 13.2. The largest absolute Gasteiger partial charge is 0.325 e. The highest BCUT2D eigenvalue weighted by atomic mass is 19.1. The van der Waals surface area contributed by atoms with Gasteiger partial charge in [-0.3, -0.25) is 24.6 Å². The lowest BCUT2D eigenvalue weighted by Gasteiger charge is -2.22. The topological polar surface area (TPSA) is 122 Å². The van der Waals surface area contributed by atoms with Gasteiger partial charge in [-0.1, -0.05) is 30.3 Å². The van der Waals surface area contributed by atoms with Crippen molar-refractivity contribution in [3.05, 3.63) is 70.0 Å². The van der Waals surface area contributed by atoms with Crippen molar-refractivity contribution in [1.29, 1.82) is 0 Å². The molecule has 0 radical (unpaired) electrons. The van der Waals surface area contributed by atoms with Crippen molar-refractivity contribution in [2.75, 3.05) is 11.9 Å². The fourth-order valence-corrected chi connectivity index (χ4v) is 2.86. The van der Waals surface area contributed by atoms with Gasteiger partial charge in [-0.15, -0.1) is 0 Å². The molecule has 1 fully saturated rings. The zero-order valence-electron chi connectivity index (χ0n) is 14.6. The minimum absolute atomic E-state index is 0.414. The number of benzene rings is 2. The molecule has 4 amide bonds. The van der Waals surface area contributed by atoms with Gasteiger partial charge in [0.15, 0.2) is 0 Å². The van der Waals surface area contributed by atoms with Crippen LogP contribution in [0.2, 0.25) is 0 Å². The Labute approximate surface area is 158 Å². The molecule has 0 spiro atoms. The van der Waals surface area contributed by atoms with Crippen molar-refractivity contribution in [2.24, 2.45) is 0 Å². The monoisotopic (exact) mass is 386 g/mol. The van der Waals surface area contributed by atoms with Gasteiger partial charge in [-0.2, -0.15) is 0 Å². The quantitative estimate of drug-likeness (QED) is 0.463. The van der Waals surface area contributed by atoms with E-state index in [2.05, 4.69) is 10.6 Å². The number of non-ortho nitro benzene ring substituents is 1. The molecule has 1 unspecified atom stereocenters. The van der Waals surface area contributed by atoms with Gasteiger partial charge in [-0.25, -0.2) is 9.18 Å². The molecule has 1 atom stereocenters. The average Bonchev–Trinajstić information content (AvgIpc) is 2.88. The van der Waals surface area contributed by atoms with E-state index in [0.717, 1.165) is 18.2 Å². The molecule has 0 aromatic heterocycles. The Kier molecular flexibility index (Phi) is 4.78. The van der Waals surface area contributed by atoms with Gasteiger partial charge >= 0.3 is 6.03 Å². The minimum atomic E-state index is -1.34. The van der Waals surface area contributed by atoms with Crippen molar-refractivity contribution in [3.63, 3.8) is 0 Å². The summed E-state index contributed by atoms with van der Waals surface area (Å²) in [5.74, 6) is -2.40. The molecular formula is C18H15FN4O5. The summed E-state index contributed by atoms with van der Waals surface area (Å²) in [5.41, 5.74) is -1.63. The number of anilines is 1. The number of imide groups is 1. The van der Waals surface area contributed by atoms with Crippen LogP contribution in [-0.4, -0.2) is 34.2 Å². The van der Waals surface area contributed by atoms with Crippen LogP contribution in [-0.2, 0) is 15.1 Å². The lowest BCUT2D eigenvalue weighted by molar-refractivity contribution is -0.384. The zero-order chi connectivity index (χ0) is 20.5. The Hall–Kier alpha value is -3.82. The lowest BCUT2D eigenvalue weighted by Crippen LogP contribution is -2.42. The van der Waals surface area contributed by atoms with Crippen molar-refractivity contribution >= 4 is 29.2 Å². The van der Waals surface area contributed by atoms with Crippen LogP contribution in [0.4, 0.5) is 20.6 Å². The third-order valence-electron chi connectivity index (χ3n) is 4.36. The van der Waals surface area contributed by atoms with E-state index in [0.29, 0.717) is 10.5 Å². The molecule has 3 rings (SSSR count). The number of carbonyl (C=O) groups is 3. The van der Waals surface area contributed by atoms with Crippen LogP contribution in [0.15, 0.2) is 48.5 Å². The maximum Gasteiger partial charge on any atom is 0.325 e. The predicted octanol–water partition coefficient (Wildman–Crippen LogP) is 2.14. The molecule has 1 saturated heterocycles. The van der Waals surface area contributed by atoms with E-state index >= 15 is 0 Å². The smallest absolute Gasteiger partial charge is 0.322 e. The number of nitro groups is 1. The Morgan fingerprint density at radius 2 is 1.93 bits per heavy atom. The van der Waals surface area contributed by atoms with E-state index in [9.17, 15) is 28.9 Å². The maximum absolute atomic E-state index is 13.8. The minimum Gasteiger partial charge on any atom is -0.322 e. The average molecular weight is 386 g/mol. The number of nitrogens with one attached hydrogen (secondary N) is 2. The van der Waals surface area contributed by atoms with Crippen LogP contribution < -0.4 is 10.6 Å². The van der Waals surface area contributed by atoms with Crippen LogP contribution >= 0.6 is 0 Å². The van der Waals surface area contributed by atoms with Crippen molar-refractivity contribution in [3.8, 4) is 0 Å². The number of hydrogen-bond acceptors (Lipinski definition) is 5. The summed E-state index contributed by atoms with van der Waals surface area (Å²) in [5, 5.41) is 15.5. The van der Waals surface area contributed by atoms with Crippen LogP contribution in [0.1, 0.15) is 12.5 Å². The summed E-state index contributed by atoms with van der Waals surface area (Å²) < 4.78 is 13.8. The van der Waals surface area contributed by atoms with Gasteiger partial charge in [0.25, 0.3) is 11.6 Å². The molecular weight excluding hydrogens is 371 g/mol. The number of urea groups is 1. The first-order valence-electron chi connectivity index (χ1n) is 8.16. The molecule has 2 aromatic carbocycles. The van der Waals surface area contributed by atoms with E-state index in [1.54, 1.807) is 30.3 Å². The molecule has 144 valence electrons. The molecule has 9 nitrogen and oxygen atoms in total. The number of nitrogens with zero attached hydrogens (tertiary/aromatic N) is 2. The van der Waals surface area contributed by atoms with Gasteiger partial charge < -0.3 is 10.6 Å². The molecule has 28 heavy (non-hydrogen) atoms. The molecule has 0 bridgehead atoms. The van der Waals surface area contributed by atoms with Crippen molar-refractivity contribution < 1.29 is 23.7 Å². The standard InChI is InChI=1S/C18H15FN4O5/c1-18(11-5-3-2-4-6-11)16(25)22(17(26)21-18)10-15(24)20-14-9-12(23(27)28)7-8-13(14)19/h2-9H,10H2,1H3,(H,20,24)(H,21,26). The number of carbonyl (C=O) groups excluding carboxylic acids is 3. The van der Waals surface area contributed by atoms with Gasteiger partial charge in [0.1, 0.15) is 17.9 Å². The molecule has 1 heterocycles. The molecule has 0 saturated carbocycles. The van der Waals surface area contributed by atoms with Crippen molar-refractivity contribution in [2.45, 2.75) is 12.5 Å². The molecule has 2 aromatic rings. The van der Waals surface area contributed by atoms with Crippen LogP contribution in [0.5, 0.6) is 0 Å². The fraction of sp³-hybridized carbons (Fsp3) is 0.167. The van der Waals surface area contributed by atoms with Crippen LogP contribution in [0, 0.1) is 15.9 Å². The second kappa shape index (κ2) is 7.06. The molecule has 10 heteroatoms. The van der Waals surface area contributed by atoms with Crippen LogP contribution in [0.25, 0.3) is 0 Å². The molecule has 1 aliphatic rings. The van der Waals surface area contributed by atoms with Gasteiger partial charge in [0, 0.05) is 12.1 Å². The van der Waals surface area contributed by atoms with Crippen LogP contribution in [0.3, 0.4) is 0 Å². The van der Waals surface area contributed by atoms with E-state index in [-0.39, 0.29) is 0 Å². The highest BCUT2D eigenvalue weighted by Gasteiger charge is 2.49. The van der Waals surface area contributed by atoms with E-state index in [1.807, 2.05) is 0 Å². The Morgan fingerprint density at radius 3 is 2.57 bits per heavy atom. The van der Waals surface area contributed by atoms with E-state index < -0.39 is 52.0 Å². The van der Waals surface area contributed by atoms with Gasteiger partial charge in [0.05, 0.1) is 10.6 Å². The summed E-state index contributed by atoms with van der Waals surface area (Å²) in [6.45, 7) is 0.843. The summed E-state index contributed by atoms with van der Waals surface area (Å²) in [6, 6.07) is 10.4. The van der Waals surface area contributed by atoms with E-state index in [4.69, 9.17) is 0 Å². The Balaban J connectivity index is 1.76. The maximum atomic E-state index is 13.8.